The summed E-state index contributed by atoms with van der Waals surface area (Å²) in [5.41, 5.74) is 0. The molecule has 0 aromatic rings. The lowest BCUT2D eigenvalue weighted by Gasteiger charge is -2.21. The van der Waals surface area contributed by atoms with Crippen LogP contribution in [-0.4, -0.2) is 42.0 Å². The van der Waals surface area contributed by atoms with Gasteiger partial charge in [0.1, 0.15) is 0 Å². The molecule has 1 heterocycles. The van der Waals surface area contributed by atoms with Gasteiger partial charge in [0.25, 0.3) is 0 Å². The molecule has 2 atom stereocenters. The number of hydrogen-bond donors (Lipinski definition) is 1. The molecule has 1 fully saturated rings. The number of alkyl halides is 1. The van der Waals surface area contributed by atoms with Crippen molar-refractivity contribution in [3.63, 3.8) is 0 Å². The van der Waals surface area contributed by atoms with Gasteiger partial charge in [-0.15, -0.1) is 11.8 Å². The van der Waals surface area contributed by atoms with Gasteiger partial charge in [0.2, 0.25) is 5.91 Å². The van der Waals surface area contributed by atoms with E-state index in [4.69, 9.17) is 4.74 Å². The van der Waals surface area contributed by atoms with Crippen molar-refractivity contribution in [2.24, 2.45) is 0 Å². The van der Waals surface area contributed by atoms with Crippen LogP contribution in [0.15, 0.2) is 0 Å². The molecule has 15 heavy (non-hydrogen) atoms. The van der Waals surface area contributed by atoms with Crippen LogP contribution in [0.1, 0.15) is 19.3 Å². The van der Waals surface area contributed by atoms with Gasteiger partial charge in [-0.3, -0.25) is 4.79 Å². The number of halogens is 1. The quantitative estimate of drug-likeness (QED) is 0.786. The minimum absolute atomic E-state index is 0.168. The zero-order chi connectivity index (χ0) is 11.1. The molecule has 0 aromatic heterocycles. The van der Waals surface area contributed by atoms with Gasteiger partial charge >= 0.3 is 0 Å². The molecule has 0 spiro atoms. The van der Waals surface area contributed by atoms with E-state index >= 15 is 0 Å². The molecule has 0 saturated carbocycles. The molecule has 1 aliphatic rings. The summed E-state index contributed by atoms with van der Waals surface area (Å²) in [4.78, 5) is 11.9. The summed E-state index contributed by atoms with van der Waals surface area (Å²) in [5.74, 6) is 1.30. The Labute approximate surface area is 104 Å². The average molecular weight is 296 g/mol. The Hall–Kier alpha value is 0.260. The van der Waals surface area contributed by atoms with Crippen LogP contribution in [0.2, 0.25) is 0 Å². The fourth-order valence-corrected chi connectivity index (χ4v) is 3.16. The number of nitrogens with one attached hydrogen (secondary N) is 1. The lowest BCUT2D eigenvalue weighted by molar-refractivity contribution is -0.120. The summed E-state index contributed by atoms with van der Waals surface area (Å²) in [6.45, 7) is 1.27. The topological polar surface area (TPSA) is 38.3 Å². The van der Waals surface area contributed by atoms with Crippen LogP contribution in [-0.2, 0) is 9.53 Å². The second kappa shape index (κ2) is 7.52. The molecule has 2 unspecified atom stereocenters. The highest BCUT2D eigenvalue weighted by Gasteiger charge is 2.21. The summed E-state index contributed by atoms with van der Waals surface area (Å²) in [5, 5.41) is 3.12. The number of carbonyl (C=O) groups excluding carboxylic acids is 1. The smallest absolute Gasteiger partial charge is 0.233 e. The van der Waals surface area contributed by atoms with Gasteiger partial charge in [-0.25, -0.2) is 0 Å². The third kappa shape index (κ3) is 5.22. The van der Waals surface area contributed by atoms with E-state index in [1.807, 2.05) is 0 Å². The molecule has 1 aliphatic heterocycles. The van der Waals surface area contributed by atoms with Crippen LogP contribution in [0.4, 0.5) is 0 Å². The molecule has 3 nitrogen and oxygen atoms in total. The maximum absolute atomic E-state index is 11.7. The third-order valence-electron chi connectivity index (χ3n) is 2.32. The minimum atomic E-state index is 0.168. The molecular weight excluding hydrogens is 278 g/mol. The first-order valence-corrected chi connectivity index (χ1v) is 7.23. The first-order chi connectivity index (χ1) is 7.24. The molecular formula is C10H18BrNO2S. The number of carbonyl (C=O) groups is 1. The van der Waals surface area contributed by atoms with Gasteiger partial charge in [-0.1, -0.05) is 22.4 Å². The molecule has 0 bridgehead atoms. The first kappa shape index (κ1) is 13.3. The Kier molecular flexibility index (Phi) is 6.68. The standard InChI is InChI=1S/C10H18BrNO2S/c1-14-7-8(11)6-12-10(13)9-4-2-3-5-15-9/h8-9H,2-7H2,1H3,(H,12,13). The maximum atomic E-state index is 11.7. The van der Waals surface area contributed by atoms with E-state index < -0.39 is 0 Å². The van der Waals surface area contributed by atoms with Crippen LogP contribution in [0.3, 0.4) is 0 Å². The van der Waals surface area contributed by atoms with E-state index in [-0.39, 0.29) is 16.0 Å². The van der Waals surface area contributed by atoms with Crippen LogP contribution in [0.25, 0.3) is 0 Å². The van der Waals surface area contributed by atoms with Crippen LogP contribution >= 0.6 is 27.7 Å². The predicted molar refractivity (Wildman–Crippen MR) is 67.7 cm³/mol. The van der Waals surface area contributed by atoms with Crippen LogP contribution in [0, 0.1) is 0 Å². The van der Waals surface area contributed by atoms with Crippen molar-refractivity contribution in [1.29, 1.82) is 0 Å². The average Bonchev–Trinajstić information content (AvgIpc) is 2.27. The van der Waals surface area contributed by atoms with E-state index in [1.54, 1.807) is 18.9 Å². The normalized spacial score (nSPS) is 23.5. The zero-order valence-electron chi connectivity index (χ0n) is 9.00. The van der Waals surface area contributed by atoms with Crippen molar-refractivity contribution in [2.45, 2.75) is 29.3 Å². The predicted octanol–water partition coefficient (Wildman–Crippen LogP) is 1.80. The fraction of sp³-hybridized carbons (Fsp3) is 0.900. The van der Waals surface area contributed by atoms with Gasteiger partial charge in [-0.2, -0.15) is 0 Å². The van der Waals surface area contributed by atoms with Gasteiger partial charge in [0, 0.05) is 13.7 Å². The van der Waals surface area contributed by atoms with E-state index in [2.05, 4.69) is 21.2 Å². The van der Waals surface area contributed by atoms with Crippen molar-refractivity contribution in [3.05, 3.63) is 0 Å². The van der Waals surface area contributed by atoms with Crippen molar-refractivity contribution >= 4 is 33.6 Å². The fourth-order valence-electron chi connectivity index (χ4n) is 1.51. The van der Waals surface area contributed by atoms with Gasteiger partial charge in [0.05, 0.1) is 16.7 Å². The maximum Gasteiger partial charge on any atom is 0.233 e. The summed E-state index contributed by atoms with van der Waals surface area (Å²) < 4.78 is 4.98. The molecule has 0 aromatic carbocycles. The van der Waals surface area contributed by atoms with E-state index in [9.17, 15) is 4.79 Å². The number of rotatable bonds is 5. The Morgan fingerprint density at radius 1 is 1.67 bits per heavy atom. The van der Waals surface area contributed by atoms with Gasteiger partial charge in [-0.05, 0) is 18.6 Å². The van der Waals surface area contributed by atoms with E-state index in [1.165, 1.54) is 12.8 Å². The zero-order valence-corrected chi connectivity index (χ0v) is 11.4. The molecule has 0 aliphatic carbocycles. The molecule has 0 radical (unpaired) electrons. The number of amides is 1. The second-order valence-corrected chi connectivity index (χ2v) is 6.26. The van der Waals surface area contributed by atoms with Gasteiger partial charge in [0.15, 0.2) is 0 Å². The summed E-state index contributed by atoms with van der Waals surface area (Å²) in [7, 11) is 1.66. The summed E-state index contributed by atoms with van der Waals surface area (Å²) in [6.07, 6.45) is 3.45. The first-order valence-electron chi connectivity index (χ1n) is 5.26. The van der Waals surface area contributed by atoms with E-state index in [0.717, 1.165) is 12.2 Å². The monoisotopic (exact) mass is 295 g/mol. The van der Waals surface area contributed by atoms with Crippen molar-refractivity contribution in [1.82, 2.24) is 5.32 Å². The molecule has 1 N–H and O–H groups in total. The highest BCUT2D eigenvalue weighted by atomic mass is 79.9. The molecule has 1 rings (SSSR count). The van der Waals surface area contributed by atoms with Crippen molar-refractivity contribution in [2.75, 3.05) is 26.0 Å². The number of methoxy groups -OCH3 is 1. The minimum Gasteiger partial charge on any atom is -0.383 e. The largest absolute Gasteiger partial charge is 0.383 e. The Morgan fingerprint density at radius 3 is 3.07 bits per heavy atom. The molecule has 5 heteroatoms. The van der Waals surface area contributed by atoms with Crippen molar-refractivity contribution in [3.8, 4) is 0 Å². The Morgan fingerprint density at radius 2 is 2.47 bits per heavy atom. The molecule has 1 saturated heterocycles. The van der Waals surface area contributed by atoms with E-state index in [0.29, 0.717) is 13.2 Å². The second-order valence-electron chi connectivity index (χ2n) is 3.65. The molecule has 1 amide bonds. The summed E-state index contributed by atoms with van der Waals surface area (Å²) in [6, 6.07) is 0. The number of ether oxygens (including phenoxy) is 1. The Bertz CT molecular complexity index is 198. The van der Waals surface area contributed by atoms with Crippen molar-refractivity contribution < 1.29 is 9.53 Å². The highest BCUT2D eigenvalue weighted by Crippen LogP contribution is 2.24. The lowest BCUT2D eigenvalue weighted by Crippen LogP contribution is -2.38. The number of hydrogen-bond acceptors (Lipinski definition) is 3. The lowest BCUT2D eigenvalue weighted by atomic mass is 10.2. The van der Waals surface area contributed by atoms with Gasteiger partial charge < -0.3 is 10.1 Å². The van der Waals surface area contributed by atoms with Crippen LogP contribution < -0.4 is 5.32 Å². The Balaban J connectivity index is 2.16. The third-order valence-corrected chi connectivity index (χ3v) is 4.28. The summed E-state index contributed by atoms with van der Waals surface area (Å²) >= 11 is 5.22. The van der Waals surface area contributed by atoms with Crippen LogP contribution in [0.5, 0.6) is 0 Å². The number of thioether (sulfide) groups is 1. The highest BCUT2D eigenvalue weighted by molar-refractivity contribution is 9.09. The molecule has 88 valence electrons. The SMILES string of the molecule is COCC(Br)CNC(=O)C1CCCCS1.